The van der Waals surface area contributed by atoms with Gasteiger partial charge in [0.05, 0.1) is 12.8 Å². The summed E-state index contributed by atoms with van der Waals surface area (Å²) in [4.78, 5) is 14.4. The molecule has 0 unspecified atom stereocenters. The van der Waals surface area contributed by atoms with Crippen LogP contribution in [0.2, 0.25) is 0 Å². The number of rotatable bonds is 4. The van der Waals surface area contributed by atoms with Gasteiger partial charge in [0, 0.05) is 17.9 Å². The van der Waals surface area contributed by atoms with Crippen molar-refractivity contribution in [3.05, 3.63) is 47.4 Å². The second kappa shape index (κ2) is 7.47. The predicted octanol–water partition coefficient (Wildman–Crippen LogP) is 1.93. The molecule has 0 saturated carbocycles. The van der Waals surface area contributed by atoms with E-state index in [0.717, 1.165) is 30.3 Å². The molecule has 25 heavy (non-hydrogen) atoms. The number of anilines is 2. The average Bonchev–Trinajstić information content (AvgIpc) is 3.01. The molecule has 1 amide bonds. The molecule has 2 aromatic rings. The molecule has 0 fully saturated rings. The van der Waals surface area contributed by atoms with Crippen molar-refractivity contribution < 1.29 is 17.6 Å². The molecule has 1 aliphatic rings. The van der Waals surface area contributed by atoms with Crippen molar-refractivity contribution in [2.75, 3.05) is 23.4 Å². The number of sulfonamides is 1. The number of nitrogens with zero attached hydrogens (tertiary/aromatic N) is 1. The maximum Gasteiger partial charge on any atom is 0.293 e. The van der Waals surface area contributed by atoms with E-state index in [-0.39, 0.29) is 30.6 Å². The van der Waals surface area contributed by atoms with Crippen LogP contribution in [0.3, 0.4) is 0 Å². The number of nitrogens with two attached hydrogens (primary N) is 1. The van der Waals surface area contributed by atoms with Crippen LogP contribution in [-0.2, 0) is 23.0 Å². The standard InChI is InChI=1S/C16H19N3O4S.ClH/c1-24(21,22)18-10-11-7-8-15(23-11)16(20)19-9-3-4-12-13(17)5-2-6-14(12)19;/h2,5-8,18H,3-4,9-10,17H2,1H3;1H. The molecule has 1 aromatic carbocycles. The number of furan rings is 1. The quantitative estimate of drug-likeness (QED) is 0.782. The number of fused-ring (bicyclic) bond motifs is 1. The molecular formula is C16H20ClN3O4S. The van der Waals surface area contributed by atoms with Crippen molar-refractivity contribution in [3.8, 4) is 0 Å². The van der Waals surface area contributed by atoms with E-state index < -0.39 is 10.0 Å². The third-order valence-corrected chi connectivity index (χ3v) is 4.58. The Hall–Kier alpha value is -2.03. The van der Waals surface area contributed by atoms with Gasteiger partial charge in [-0.2, -0.15) is 0 Å². The first-order valence-corrected chi connectivity index (χ1v) is 9.47. The Morgan fingerprint density at radius 1 is 1.32 bits per heavy atom. The second-order valence-corrected chi connectivity index (χ2v) is 7.60. The van der Waals surface area contributed by atoms with Crippen LogP contribution in [0.4, 0.5) is 11.4 Å². The van der Waals surface area contributed by atoms with Crippen LogP contribution in [0, 0.1) is 0 Å². The average molecular weight is 386 g/mol. The van der Waals surface area contributed by atoms with E-state index in [1.54, 1.807) is 17.0 Å². The molecule has 136 valence electrons. The lowest BCUT2D eigenvalue weighted by Gasteiger charge is -2.29. The van der Waals surface area contributed by atoms with Crippen molar-refractivity contribution in [1.29, 1.82) is 0 Å². The fourth-order valence-electron chi connectivity index (χ4n) is 2.79. The number of amides is 1. The van der Waals surface area contributed by atoms with Crippen LogP contribution in [-0.4, -0.2) is 27.1 Å². The SMILES string of the molecule is CS(=O)(=O)NCc1ccc(C(=O)N2CCCc3c(N)cccc32)o1.Cl. The Labute approximate surface area is 152 Å². The summed E-state index contributed by atoms with van der Waals surface area (Å²) in [6.45, 7) is 0.600. The normalized spacial score (nSPS) is 13.9. The molecule has 3 N–H and O–H groups in total. The molecule has 7 nitrogen and oxygen atoms in total. The third-order valence-electron chi connectivity index (χ3n) is 3.91. The van der Waals surface area contributed by atoms with E-state index in [1.807, 2.05) is 18.2 Å². The van der Waals surface area contributed by atoms with Crippen LogP contribution in [0.25, 0.3) is 0 Å². The summed E-state index contributed by atoms with van der Waals surface area (Å²) in [7, 11) is -3.32. The lowest BCUT2D eigenvalue weighted by Crippen LogP contribution is -2.35. The monoisotopic (exact) mass is 385 g/mol. The molecule has 0 atom stereocenters. The zero-order valence-corrected chi connectivity index (χ0v) is 15.3. The topological polar surface area (TPSA) is 106 Å². The van der Waals surface area contributed by atoms with E-state index in [4.69, 9.17) is 10.2 Å². The van der Waals surface area contributed by atoms with Crippen LogP contribution >= 0.6 is 12.4 Å². The number of nitrogens with one attached hydrogen (secondary N) is 1. The molecule has 1 aliphatic heterocycles. The van der Waals surface area contributed by atoms with Crippen LogP contribution in [0.1, 0.15) is 28.3 Å². The lowest BCUT2D eigenvalue weighted by molar-refractivity contribution is 0.0956. The maximum atomic E-state index is 12.7. The molecule has 1 aromatic heterocycles. The van der Waals surface area contributed by atoms with Crippen LogP contribution < -0.4 is 15.4 Å². The summed E-state index contributed by atoms with van der Waals surface area (Å²) >= 11 is 0. The number of nitrogen functional groups attached to an aromatic ring is 1. The lowest BCUT2D eigenvalue weighted by atomic mass is 9.99. The highest BCUT2D eigenvalue weighted by atomic mass is 35.5. The minimum Gasteiger partial charge on any atom is -0.455 e. The minimum absolute atomic E-state index is 0. The van der Waals surface area contributed by atoms with Crippen molar-refractivity contribution in [3.63, 3.8) is 0 Å². The van der Waals surface area contributed by atoms with Gasteiger partial charge in [0.2, 0.25) is 10.0 Å². The molecule has 2 heterocycles. The number of benzene rings is 1. The van der Waals surface area contributed by atoms with Crippen molar-refractivity contribution in [1.82, 2.24) is 4.72 Å². The van der Waals surface area contributed by atoms with E-state index in [0.29, 0.717) is 18.0 Å². The van der Waals surface area contributed by atoms with Crippen LogP contribution in [0.15, 0.2) is 34.7 Å². The first-order valence-electron chi connectivity index (χ1n) is 7.58. The summed E-state index contributed by atoms with van der Waals surface area (Å²) in [5, 5.41) is 0. The summed E-state index contributed by atoms with van der Waals surface area (Å²) in [6.07, 6.45) is 2.74. The number of halogens is 1. The second-order valence-electron chi connectivity index (χ2n) is 5.76. The summed E-state index contributed by atoms with van der Waals surface area (Å²) < 4.78 is 30.1. The predicted molar refractivity (Wildman–Crippen MR) is 98.5 cm³/mol. The molecule has 3 rings (SSSR count). The number of hydrogen-bond acceptors (Lipinski definition) is 5. The molecule has 0 radical (unpaired) electrons. The van der Waals surface area contributed by atoms with Crippen molar-refractivity contribution >= 4 is 39.7 Å². The smallest absolute Gasteiger partial charge is 0.293 e. The van der Waals surface area contributed by atoms with E-state index in [1.165, 1.54) is 0 Å². The Balaban J connectivity index is 0.00000225. The van der Waals surface area contributed by atoms with E-state index in [9.17, 15) is 13.2 Å². The first-order chi connectivity index (χ1) is 11.3. The fraction of sp³-hybridized carbons (Fsp3) is 0.312. The van der Waals surface area contributed by atoms with Gasteiger partial charge < -0.3 is 15.1 Å². The molecule has 0 bridgehead atoms. The fourth-order valence-corrected chi connectivity index (χ4v) is 3.19. The molecule has 9 heteroatoms. The highest BCUT2D eigenvalue weighted by Crippen LogP contribution is 2.32. The van der Waals surface area contributed by atoms with Gasteiger partial charge >= 0.3 is 0 Å². The first kappa shape index (κ1) is 19.3. The Bertz CT molecular complexity index is 879. The molecule has 0 saturated heterocycles. The van der Waals surface area contributed by atoms with Crippen LogP contribution in [0.5, 0.6) is 0 Å². The van der Waals surface area contributed by atoms with Crippen molar-refractivity contribution in [2.24, 2.45) is 0 Å². The zero-order valence-electron chi connectivity index (χ0n) is 13.7. The molecule has 0 aliphatic carbocycles. The largest absolute Gasteiger partial charge is 0.455 e. The van der Waals surface area contributed by atoms with Gasteiger partial charge in [-0.05, 0) is 42.7 Å². The number of carbonyl (C=O) groups is 1. The van der Waals surface area contributed by atoms with Gasteiger partial charge in [0.25, 0.3) is 5.91 Å². The highest BCUT2D eigenvalue weighted by Gasteiger charge is 2.26. The van der Waals surface area contributed by atoms with Gasteiger partial charge in [0.1, 0.15) is 5.76 Å². The maximum absolute atomic E-state index is 12.7. The number of carbonyl (C=O) groups excluding carboxylic acids is 1. The Morgan fingerprint density at radius 2 is 2.08 bits per heavy atom. The third kappa shape index (κ3) is 4.33. The Kier molecular flexibility index (Phi) is 5.76. The van der Waals surface area contributed by atoms with Gasteiger partial charge in [-0.15, -0.1) is 12.4 Å². The van der Waals surface area contributed by atoms with Gasteiger partial charge in [-0.25, -0.2) is 13.1 Å². The van der Waals surface area contributed by atoms with Crippen molar-refractivity contribution in [2.45, 2.75) is 19.4 Å². The highest BCUT2D eigenvalue weighted by molar-refractivity contribution is 7.88. The van der Waals surface area contributed by atoms with E-state index >= 15 is 0 Å². The van der Waals surface area contributed by atoms with Gasteiger partial charge in [0.15, 0.2) is 5.76 Å². The van der Waals surface area contributed by atoms with Gasteiger partial charge in [-0.3, -0.25) is 4.79 Å². The summed E-state index contributed by atoms with van der Waals surface area (Å²) in [5.74, 6) is 0.302. The van der Waals surface area contributed by atoms with Gasteiger partial charge in [-0.1, -0.05) is 6.07 Å². The van der Waals surface area contributed by atoms with E-state index in [2.05, 4.69) is 4.72 Å². The minimum atomic E-state index is -3.32. The summed E-state index contributed by atoms with van der Waals surface area (Å²) in [5.41, 5.74) is 8.46. The summed E-state index contributed by atoms with van der Waals surface area (Å²) in [6, 6.07) is 8.67. The molecule has 0 spiro atoms. The zero-order chi connectivity index (χ0) is 17.3. The number of hydrogen-bond donors (Lipinski definition) is 2. The molecular weight excluding hydrogens is 366 g/mol. The Morgan fingerprint density at radius 3 is 2.80 bits per heavy atom.